The Hall–Kier alpha value is -3.47. The van der Waals surface area contributed by atoms with Crippen LogP contribution < -0.4 is 10.6 Å². The number of pyridine rings is 1. The van der Waals surface area contributed by atoms with Crippen LogP contribution in [0.2, 0.25) is 0 Å². The van der Waals surface area contributed by atoms with Gasteiger partial charge in [-0.2, -0.15) is 0 Å². The minimum atomic E-state index is -0.230. The highest BCUT2D eigenvalue weighted by Gasteiger charge is 2.09. The lowest BCUT2D eigenvalue weighted by molar-refractivity contribution is 0.101. The van der Waals surface area contributed by atoms with Crippen LogP contribution in [0.1, 0.15) is 38.8 Å². The number of ketones is 1. The number of carbonyl (C=O) groups is 2. The summed E-state index contributed by atoms with van der Waals surface area (Å²) in [6.07, 6.45) is 3.15. The molecule has 0 saturated heterocycles. The maximum atomic E-state index is 12.5. The molecule has 0 radical (unpaired) electrons. The highest BCUT2D eigenvalue weighted by Crippen LogP contribution is 2.20. The number of Topliss-reactive ketones (excluding diaryl/α,β-unsaturated/α-hetero) is 1. The second-order valence-electron chi connectivity index (χ2n) is 6.48. The van der Waals surface area contributed by atoms with E-state index in [4.69, 9.17) is 0 Å². The average Bonchev–Trinajstić information content (AvgIpc) is 2.65. The smallest absolute Gasteiger partial charge is 0.257 e. The molecule has 3 rings (SSSR count). The van der Waals surface area contributed by atoms with Crippen LogP contribution in [0, 0.1) is 13.8 Å². The number of rotatable bonds is 5. The molecule has 0 bridgehead atoms. The van der Waals surface area contributed by atoms with Crippen LogP contribution in [0.5, 0.6) is 0 Å². The predicted molar refractivity (Wildman–Crippen MR) is 108 cm³/mol. The molecule has 27 heavy (non-hydrogen) atoms. The van der Waals surface area contributed by atoms with Gasteiger partial charge in [0.1, 0.15) is 0 Å². The number of carbonyl (C=O) groups excluding carboxylic acids is 2. The zero-order valence-corrected chi connectivity index (χ0v) is 15.5. The van der Waals surface area contributed by atoms with Gasteiger partial charge in [0.2, 0.25) is 0 Å². The van der Waals surface area contributed by atoms with Crippen molar-refractivity contribution in [2.45, 2.75) is 20.8 Å². The lowest BCUT2D eigenvalue weighted by Gasteiger charge is -2.10. The van der Waals surface area contributed by atoms with E-state index in [9.17, 15) is 9.59 Å². The first-order valence-electron chi connectivity index (χ1n) is 8.64. The summed E-state index contributed by atoms with van der Waals surface area (Å²) in [5.74, 6) is -0.231. The summed E-state index contributed by atoms with van der Waals surface area (Å²) in [6.45, 7) is 5.56. The van der Waals surface area contributed by atoms with E-state index in [2.05, 4.69) is 15.6 Å². The molecule has 1 aromatic heterocycles. The molecule has 0 aliphatic rings. The Morgan fingerprint density at radius 1 is 0.815 bits per heavy atom. The van der Waals surface area contributed by atoms with Crippen LogP contribution in [-0.4, -0.2) is 16.7 Å². The minimum Gasteiger partial charge on any atom is -0.354 e. The maximum Gasteiger partial charge on any atom is 0.257 e. The fraction of sp³-hybridized carbons (Fsp3) is 0.136. The number of aryl methyl sites for hydroxylation is 2. The Labute approximate surface area is 158 Å². The van der Waals surface area contributed by atoms with E-state index in [-0.39, 0.29) is 11.7 Å². The van der Waals surface area contributed by atoms with Crippen molar-refractivity contribution in [2.75, 3.05) is 10.6 Å². The van der Waals surface area contributed by atoms with Crippen molar-refractivity contribution in [2.24, 2.45) is 0 Å². The highest BCUT2D eigenvalue weighted by atomic mass is 16.1. The van der Waals surface area contributed by atoms with Crippen molar-refractivity contribution in [1.29, 1.82) is 0 Å². The fourth-order valence-corrected chi connectivity index (χ4v) is 2.64. The van der Waals surface area contributed by atoms with Gasteiger partial charge in [0.05, 0.1) is 17.4 Å². The molecule has 1 amide bonds. The molecule has 1 heterocycles. The first kappa shape index (κ1) is 18.3. The molecule has 5 heteroatoms. The van der Waals surface area contributed by atoms with Crippen LogP contribution in [-0.2, 0) is 0 Å². The third-order valence-corrected chi connectivity index (χ3v) is 4.32. The van der Waals surface area contributed by atoms with Crippen molar-refractivity contribution in [3.05, 3.63) is 83.2 Å². The summed E-state index contributed by atoms with van der Waals surface area (Å²) in [6, 6.07) is 14.7. The third-order valence-electron chi connectivity index (χ3n) is 4.32. The quantitative estimate of drug-likeness (QED) is 0.636. The topological polar surface area (TPSA) is 71.1 Å². The van der Waals surface area contributed by atoms with Gasteiger partial charge in [-0.3, -0.25) is 14.6 Å². The molecular weight excluding hydrogens is 338 g/mol. The molecule has 3 aromatic rings. The van der Waals surface area contributed by atoms with Crippen LogP contribution in [0.25, 0.3) is 0 Å². The molecule has 2 aromatic carbocycles. The summed E-state index contributed by atoms with van der Waals surface area (Å²) < 4.78 is 0. The van der Waals surface area contributed by atoms with Gasteiger partial charge in [0.25, 0.3) is 5.91 Å². The van der Waals surface area contributed by atoms with Gasteiger partial charge < -0.3 is 10.6 Å². The number of nitrogens with zero attached hydrogens (tertiary/aromatic N) is 1. The molecule has 0 aliphatic carbocycles. The van der Waals surface area contributed by atoms with Gasteiger partial charge in [-0.25, -0.2) is 0 Å². The molecule has 136 valence electrons. The molecule has 0 atom stereocenters. The van der Waals surface area contributed by atoms with Gasteiger partial charge in [-0.1, -0.05) is 18.2 Å². The lowest BCUT2D eigenvalue weighted by Crippen LogP contribution is -2.12. The number of anilines is 3. The number of hydrogen-bond acceptors (Lipinski definition) is 4. The lowest BCUT2D eigenvalue weighted by atomic mass is 10.1. The highest BCUT2D eigenvalue weighted by molar-refractivity contribution is 6.04. The Kier molecular flexibility index (Phi) is 5.31. The van der Waals surface area contributed by atoms with Crippen LogP contribution in [0.4, 0.5) is 17.1 Å². The molecule has 2 N–H and O–H groups in total. The SMILES string of the molecule is CC(=O)c1cccc(Nc2cncc(C(=O)Nc3ccc(C)c(C)c3)c2)c1. The molecule has 0 saturated carbocycles. The molecule has 0 fully saturated rings. The summed E-state index contributed by atoms with van der Waals surface area (Å²) in [5, 5.41) is 6.07. The number of hydrogen-bond donors (Lipinski definition) is 2. The molecule has 0 aliphatic heterocycles. The molecule has 0 unspecified atom stereocenters. The van der Waals surface area contributed by atoms with Gasteiger partial charge in [-0.05, 0) is 62.2 Å². The summed E-state index contributed by atoms with van der Waals surface area (Å²) in [4.78, 5) is 28.2. The number of aromatic nitrogens is 1. The Bertz CT molecular complexity index is 1010. The van der Waals surface area contributed by atoms with E-state index < -0.39 is 0 Å². The van der Waals surface area contributed by atoms with E-state index in [1.165, 1.54) is 18.7 Å². The van der Waals surface area contributed by atoms with Crippen LogP contribution >= 0.6 is 0 Å². The number of nitrogens with one attached hydrogen (secondary N) is 2. The summed E-state index contributed by atoms with van der Waals surface area (Å²) in [5.41, 5.74) is 5.54. The standard InChI is InChI=1S/C22H21N3O2/c1-14-7-8-20(9-15(14)2)25-22(27)18-11-21(13-23-12-18)24-19-6-4-5-17(10-19)16(3)26/h4-13,24H,1-3H3,(H,25,27). The van der Waals surface area contributed by atoms with E-state index in [1.54, 1.807) is 24.4 Å². The van der Waals surface area contributed by atoms with Gasteiger partial charge in [-0.15, -0.1) is 0 Å². The van der Waals surface area contributed by atoms with Gasteiger partial charge in [0, 0.05) is 23.1 Å². The summed E-state index contributed by atoms with van der Waals surface area (Å²) in [7, 11) is 0. The normalized spacial score (nSPS) is 10.3. The maximum absolute atomic E-state index is 12.5. The van der Waals surface area contributed by atoms with Crippen molar-refractivity contribution < 1.29 is 9.59 Å². The second kappa shape index (κ2) is 7.83. The average molecular weight is 359 g/mol. The zero-order valence-electron chi connectivity index (χ0n) is 15.5. The predicted octanol–water partition coefficient (Wildman–Crippen LogP) is 4.90. The minimum absolute atomic E-state index is 0.00158. The Balaban J connectivity index is 1.76. The zero-order chi connectivity index (χ0) is 19.4. The Morgan fingerprint density at radius 2 is 1.59 bits per heavy atom. The first-order valence-corrected chi connectivity index (χ1v) is 8.64. The van der Waals surface area contributed by atoms with Crippen molar-refractivity contribution in [1.82, 2.24) is 4.98 Å². The first-order chi connectivity index (χ1) is 12.9. The molecular formula is C22H21N3O2. The van der Waals surface area contributed by atoms with E-state index in [0.717, 1.165) is 16.9 Å². The van der Waals surface area contributed by atoms with Crippen molar-refractivity contribution in [3.8, 4) is 0 Å². The van der Waals surface area contributed by atoms with E-state index in [0.29, 0.717) is 16.8 Å². The van der Waals surface area contributed by atoms with Gasteiger partial charge >= 0.3 is 0 Å². The second-order valence-corrected chi connectivity index (χ2v) is 6.48. The molecule has 0 spiro atoms. The van der Waals surface area contributed by atoms with Crippen LogP contribution in [0.15, 0.2) is 60.9 Å². The fourth-order valence-electron chi connectivity index (χ4n) is 2.64. The van der Waals surface area contributed by atoms with Crippen LogP contribution in [0.3, 0.4) is 0 Å². The number of benzene rings is 2. The Morgan fingerprint density at radius 3 is 2.33 bits per heavy atom. The largest absolute Gasteiger partial charge is 0.354 e. The van der Waals surface area contributed by atoms with Crippen molar-refractivity contribution in [3.63, 3.8) is 0 Å². The monoisotopic (exact) mass is 359 g/mol. The van der Waals surface area contributed by atoms with Crippen molar-refractivity contribution >= 4 is 28.8 Å². The summed E-state index contributed by atoms with van der Waals surface area (Å²) >= 11 is 0. The van der Waals surface area contributed by atoms with Gasteiger partial charge in [0.15, 0.2) is 5.78 Å². The number of amides is 1. The molecule has 5 nitrogen and oxygen atoms in total. The third kappa shape index (κ3) is 4.58. The van der Waals surface area contributed by atoms with E-state index in [1.807, 2.05) is 44.2 Å². The van der Waals surface area contributed by atoms with E-state index >= 15 is 0 Å².